The van der Waals surface area contributed by atoms with Crippen LogP contribution in [0.1, 0.15) is 53.8 Å². The predicted octanol–water partition coefficient (Wildman–Crippen LogP) is 5.75. The van der Waals surface area contributed by atoms with E-state index in [-0.39, 0.29) is 11.9 Å². The van der Waals surface area contributed by atoms with Crippen molar-refractivity contribution in [2.45, 2.75) is 57.2 Å². The third-order valence-corrected chi connectivity index (χ3v) is 7.61. The van der Waals surface area contributed by atoms with Gasteiger partial charge in [-0.1, -0.05) is 36.4 Å². The van der Waals surface area contributed by atoms with Gasteiger partial charge in [0.15, 0.2) is 0 Å². The fraction of sp³-hybridized carbons (Fsp3) is 0.379. The Morgan fingerprint density at radius 2 is 1.59 bits per heavy atom. The number of likely N-dealkylation sites (tertiary alicyclic amines) is 1. The first-order valence-corrected chi connectivity index (χ1v) is 13.4. The van der Waals surface area contributed by atoms with Crippen LogP contribution in [0.5, 0.6) is 0 Å². The molecule has 0 radical (unpaired) electrons. The number of aromatic nitrogens is 5. The second-order valence-electron chi connectivity index (χ2n) is 10.3. The van der Waals surface area contributed by atoms with Gasteiger partial charge in [-0.3, -0.25) is 0 Å². The maximum Gasteiger partial charge on any atom is 0.453 e. The van der Waals surface area contributed by atoms with Crippen LogP contribution >= 0.6 is 0 Å². The van der Waals surface area contributed by atoms with Gasteiger partial charge in [-0.2, -0.15) is 22.8 Å². The van der Waals surface area contributed by atoms with Crippen molar-refractivity contribution in [3.05, 3.63) is 89.0 Å². The van der Waals surface area contributed by atoms with E-state index in [9.17, 15) is 13.2 Å². The number of aryl methyl sites for hydroxylation is 2. The predicted molar refractivity (Wildman–Crippen MR) is 142 cm³/mol. The molecule has 202 valence electrons. The fourth-order valence-electron chi connectivity index (χ4n) is 5.60. The Balaban J connectivity index is 1.23. The molecule has 2 aliphatic rings. The molecule has 10 heteroatoms. The lowest BCUT2D eigenvalue weighted by molar-refractivity contribution is -0.144. The summed E-state index contributed by atoms with van der Waals surface area (Å²) in [6.45, 7) is 2.36. The molecule has 3 heterocycles. The van der Waals surface area contributed by atoms with Gasteiger partial charge in [0.25, 0.3) is 11.8 Å². The molecule has 7 nitrogen and oxygen atoms in total. The van der Waals surface area contributed by atoms with Crippen LogP contribution in [0, 0.1) is 0 Å². The second-order valence-corrected chi connectivity index (χ2v) is 10.3. The zero-order valence-electron chi connectivity index (χ0n) is 21.5. The molecule has 1 fully saturated rings. The molecule has 1 aliphatic heterocycles. The van der Waals surface area contributed by atoms with Crippen LogP contribution in [0.3, 0.4) is 0 Å². The first-order valence-electron chi connectivity index (χ1n) is 13.4. The first-order chi connectivity index (χ1) is 18.9. The van der Waals surface area contributed by atoms with Crippen molar-refractivity contribution < 1.29 is 13.2 Å². The van der Waals surface area contributed by atoms with E-state index in [0.29, 0.717) is 18.2 Å². The van der Waals surface area contributed by atoms with Gasteiger partial charge in [-0.15, -0.1) is 5.10 Å². The highest BCUT2D eigenvalue weighted by molar-refractivity contribution is 5.57. The van der Waals surface area contributed by atoms with Crippen LogP contribution in [0.15, 0.2) is 60.9 Å². The fourth-order valence-corrected chi connectivity index (χ4v) is 5.60. The molecular formula is C29H30F3N7. The Hall–Kier alpha value is -3.79. The molecule has 2 aromatic carbocycles. The highest BCUT2D eigenvalue weighted by Crippen LogP contribution is 2.31. The van der Waals surface area contributed by atoms with E-state index in [1.165, 1.54) is 37.1 Å². The number of nitrogens with zero attached hydrogens (tertiary/aromatic N) is 6. The summed E-state index contributed by atoms with van der Waals surface area (Å²) in [6, 6.07) is 16.4. The van der Waals surface area contributed by atoms with Crippen molar-refractivity contribution in [3.8, 4) is 5.95 Å². The molecule has 4 aromatic rings. The molecular weight excluding hydrogens is 503 g/mol. The van der Waals surface area contributed by atoms with Crippen LogP contribution in [0.25, 0.3) is 5.95 Å². The lowest BCUT2D eigenvalue weighted by Gasteiger charge is -2.25. The summed E-state index contributed by atoms with van der Waals surface area (Å²) < 4.78 is 41.7. The molecule has 1 unspecified atom stereocenters. The highest BCUT2D eigenvalue weighted by Gasteiger charge is 2.38. The van der Waals surface area contributed by atoms with E-state index in [0.717, 1.165) is 41.5 Å². The van der Waals surface area contributed by atoms with E-state index >= 15 is 0 Å². The SMILES string of the molecule is FC(F)(F)c1nc(Nc2ccc3c(c2)CCC(N2CCCC2)CC3)n(-c2ncc(Cc3ccccc3)cn2)n1. The Labute approximate surface area is 225 Å². The second kappa shape index (κ2) is 10.8. The number of fused-ring (bicyclic) bond motifs is 1. The van der Waals surface area contributed by atoms with Gasteiger partial charge in [-0.25, -0.2) is 9.97 Å². The average Bonchev–Trinajstić information content (AvgIpc) is 3.57. The molecule has 0 saturated carbocycles. The van der Waals surface area contributed by atoms with Gasteiger partial charge in [0.2, 0.25) is 5.95 Å². The number of alkyl halides is 3. The molecule has 6 rings (SSSR count). The van der Waals surface area contributed by atoms with Crippen LogP contribution in [-0.2, 0) is 25.4 Å². The summed E-state index contributed by atoms with van der Waals surface area (Å²) >= 11 is 0. The van der Waals surface area contributed by atoms with E-state index < -0.39 is 12.0 Å². The Morgan fingerprint density at radius 1 is 0.872 bits per heavy atom. The van der Waals surface area contributed by atoms with Crippen molar-refractivity contribution in [2.75, 3.05) is 18.4 Å². The monoisotopic (exact) mass is 533 g/mol. The van der Waals surface area contributed by atoms with Crippen molar-refractivity contribution in [1.82, 2.24) is 29.6 Å². The van der Waals surface area contributed by atoms with Gasteiger partial charge in [0.05, 0.1) is 0 Å². The minimum Gasteiger partial charge on any atom is -0.324 e. The van der Waals surface area contributed by atoms with Gasteiger partial charge in [0, 0.05) is 30.5 Å². The molecule has 0 amide bonds. The van der Waals surface area contributed by atoms with Crippen LogP contribution in [0.2, 0.25) is 0 Å². The van der Waals surface area contributed by atoms with Crippen molar-refractivity contribution in [1.29, 1.82) is 0 Å². The minimum atomic E-state index is -4.70. The number of halogens is 3. The van der Waals surface area contributed by atoms with E-state index in [1.54, 1.807) is 12.4 Å². The topological polar surface area (TPSA) is 71.8 Å². The third kappa shape index (κ3) is 5.80. The lowest BCUT2D eigenvalue weighted by atomic mass is 10.0. The number of hydrogen-bond acceptors (Lipinski definition) is 6. The molecule has 1 N–H and O–H groups in total. The average molecular weight is 534 g/mol. The van der Waals surface area contributed by atoms with Crippen LogP contribution in [0.4, 0.5) is 24.8 Å². The Kier molecular flexibility index (Phi) is 7.03. The summed E-state index contributed by atoms with van der Waals surface area (Å²) in [5.74, 6) is -1.31. The van der Waals surface area contributed by atoms with Crippen molar-refractivity contribution >= 4 is 11.6 Å². The summed E-state index contributed by atoms with van der Waals surface area (Å²) in [6.07, 6.45) is 5.86. The smallest absolute Gasteiger partial charge is 0.324 e. The normalized spacial score (nSPS) is 18.1. The number of anilines is 2. The summed E-state index contributed by atoms with van der Waals surface area (Å²) in [4.78, 5) is 15.0. The number of nitrogens with one attached hydrogen (secondary N) is 1. The molecule has 0 spiro atoms. The molecule has 1 atom stereocenters. The first kappa shape index (κ1) is 25.5. The van der Waals surface area contributed by atoms with Gasteiger partial charge < -0.3 is 10.2 Å². The standard InChI is InChI=1S/C29H30F3N7/c30-29(31,32)26-36-28(39(37-26)27-33-18-21(19-34-27)16-20-6-2-1-3-7-20)35-24-11-8-22-9-12-25(13-10-23(22)17-24)38-14-4-5-15-38/h1-3,6-8,11,17-19,25H,4-5,9-10,12-16H2,(H,35,36,37). The third-order valence-electron chi connectivity index (χ3n) is 7.61. The molecule has 2 aromatic heterocycles. The lowest BCUT2D eigenvalue weighted by Crippen LogP contribution is -2.32. The summed E-state index contributed by atoms with van der Waals surface area (Å²) in [5, 5.41) is 6.76. The number of hydrogen-bond donors (Lipinski definition) is 1. The van der Waals surface area contributed by atoms with Crippen molar-refractivity contribution in [3.63, 3.8) is 0 Å². The highest BCUT2D eigenvalue weighted by atomic mass is 19.4. The zero-order valence-corrected chi connectivity index (χ0v) is 21.5. The van der Waals surface area contributed by atoms with E-state index in [2.05, 4.69) is 36.3 Å². The van der Waals surface area contributed by atoms with E-state index in [1.807, 2.05) is 42.5 Å². The zero-order chi connectivity index (χ0) is 26.8. The van der Waals surface area contributed by atoms with E-state index in [4.69, 9.17) is 0 Å². The Morgan fingerprint density at radius 3 is 2.31 bits per heavy atom. The largest absolute Gasteiger partial charge is 0.453 e. The van der Waals surface area contributed by atoms with Gasteiger partial charge in [0.1, 0.15) is 0 Å². The number of rotatable bonds is 6. The maximum atomic E-state index is 13.6. The molecule has 0 bridgehead atoms. The summed E-state index contributed by atoms with van der Waals surface area (Å²) in [7, 11) is 0. The molecule has 39 heavy (non-hydrogen) atoms. The molecule has 1 saturated heterocycles. The van der Waals surface area contributed by atoms with Crippen LogP contribution < -0.4 is 5.32 Å². The summed E-state index contributed by atoms with van der Waals surface area (Å²) in [5.41, 5.74) is 5.12. The maximum absolute atomic E-state index is 13.6. The van der Waals surface area contributed by atoms with Crippen molar-refractivity contribution in [2.24, 2.45) is 0 Å². The van der Waals surface area contributed by atoms with Gasteiger partial charge in [-0.05, 0) is 86.0 Å². The Bertz CT molecular complexity index is 1410. The quantitative estimate of drug-likeness (QED) is 0.318. The molecule has 1 aliphatic carbocycles. The van der Waals surface area contributed by atoms with Gasteiger partial charge >= 0.3 is 6.18 Å². The number of benzene rings is 2. The minimum absolute atomic E-state index is 0.0144. The van der Waals surface area contributed by atoms with Crippen LogP contribution in [-0.4, -0.2) is 48.8 Å².